The second-order valence-electron chi connectivity index (χ2n) is 5.36. The first kappa shape index (κ1) is 13.9. The summed E-state index contributed by atoms with van der Waals surface area (Å²) in [5.74, 6) is 0. The third-order valence-electron chi connectivity index (χ3n) is 3.82. The minimum absolute atomic E-state index is 0.398. The minimum atomic E-state index is 0.398. The van der Waals surface area contributed by atoms with Crippen LogP contribution in [-0.2, 0) is 0 Å². The Labute approximate surface area is 130 Å². The molecule has 2 aromatic carbocycles. The van der Waals surface area contributed by atoms with Crippen molar-refractivity contribution in [1.82, 2.24) is 5.32 Å². The van der Waals surface area contributed by atoms with Gasteiger partial charge in [0.1, 0.15) is 4.99 Å². The van der Waals surface area contributed by atoms with E-state index in [1.807, 2.05) is 30.3 Å². The lowest BCUT2D eigenvalue weighted by atomic mass is 10.2. The number of anilines is 2. The predicted molar refractivity (Wildman–Crippen MR) is 92.8 cm³/mol. The zero-order chi connectivity index (χ0) is 14.7. The number of nitrogens with two attached hydrogens (primary N) is 1. The van der Waals surface area contributed by atoms with Gasteiger partial charge in [0, 0.05) is 36.1 Å². The minimum Gasteiger partial charge on any atom is -0.399 e. The van der Waals surface area contributed by atoms with Crippen LogP contribution in [0.2, 0.25) is 0 Å². The maximum Gasteiger partial charge on any atom is 0.106 e. The average molecular weight is 297 g/mol. The van der Waals surface area contributed by atoms with Crippen LogP contribution in [0, 0.1) is 0 Å². The molecule has 0 saturated carbocycles. The lowest BCUT2D eigenvalue weighted by molar-refractivity contribution is 0.676. The normalized spacial score (nSPS) is 17.7. The lowest BCUT2D eigenvalue weighted by Gasteiger charge is -2.19. The van der Waals surface area contributed by atoms with Crippen LogP contribution in [0.3, 0.4) is 0 Å². The first-order valence-corrected chi connectivity index (χ1v) is 7.59. The van der Waals surface area contributed by atoms with E-state index >= 15 is 0 Å². The molecule has 1 unspecified atom stereocenters. The fourth-order valence-electron chi connectivity index (χ4n) is 2.65. The summed E-state index contributed by atoms with van der Waals surface area (Å²) in [6.07, 6.45) is 1.10. The van der Waals surface area contributed by atoms with Gasteiger partial charge in [-0.3, -0.25) is 0 Å². The number of rotatable bonds is 3. The van der Waals surface area contributed by atoms with Crippen molar-refractivity contribution in [2.24, 2.45) is 0 Å². The van der Waals surface area contributed by atoms with Crippen LogP contribution in [0.5, 0.6) is 0 Å². The fourth-order valence-corrected chi connectivity index (χ4v) is 2.96. The van der Waals surface area contributed by atoms with E-state index in [9.17, 15) is 0 Å². The summed E-state index contributed by atoms with van der Waals surface area (Å²) >= 11 is 5.49. The van der Waals surface area contributed by atoms with Crippen molar-refractivity contribution in [1.29, 1.82) is 0 Å². The number of nitrogen functional groups attached to an aromatic ring is 1. The standard InChI is InChI=1S/C17H19N3S/c18-14-8-6-13(7-9-14)17(21)19-15-10-11-20(12-15)16-4-2-1-3-5-16/h1-9,15H,10-12,18H2,(H,19,21). The number of nitrogens with one attached hydrogen (secondary N) is 1. The van der Waals surface area contributed by atoms with Gasteiger partial charge in [0.05, 0.1) is 0 Å². The van der Waals surface area contributed by atoms with E-state index in [-0.39, 0.29) is 0 Å². The molecule has 0 amide bonds. The highest BCUT2D eigenvalue weighted by atomic mass is 32.1. The van der Waals surface area contributed by atoms with Crippen molar-refractivity contribution in [2.75, 3.05) is 23.7 Å². The first-order chi connectivity index (χ1) is 10.2. The van der Waals surface area contributed by atoms with Gasteiger partial charge in [-0.05, 0) is 42.8 Å². The number of nitrogens with zero attached hydrogens (tertiary/aromatic N) is 1. The smallest absolute Gasteiger partial charge is 0.106 e. The number of thiocarbonyl (C=S) groups is 1. The van der Waals surface area contributed by atoms with Crippen LogP contribution >= 0.6 is 12.2 Å². The molecule has 3 nitrogen and oxygen atoms in total. The van der Waals surface area contributed by atoms with Crippen molar-refractivity contribution in [3.8, 4) is 0 Å². The molecule has 0 aromatic heterocycles. The molecule has 0 bridgehead atoms. The van der Waals surface area contributed by atoms with Crippen LogP contribution in [0.25, 0.3) is 0 Å². The average Bonchev–Trinajstić information content (AvgIpc) is 2.97. The van der Waals surface area contributed by atoms with Gasteiger partial charge in [-0.25, -0.2) is 0 Å². The molecule has 1 heterocycles. The summed E-state index contributed by atoms with van der Waals surface area (Å²) in [6, 6.07) is 18.6. The molecule has 1 aliphatic heterocycles. The number of hydrogen-bond acceptors (Lipinski definition) is 3. The summed E-state index contributed by atoms with van der Waals surface area (Å²) in [5.41, 5.74) is 8.77. The first-order valence-electron chi connectivity index (χ1n) is 7.19. The maximum absolute atomic E-state index is 5.70. The SMILES string of the molecule is Nc1ccc(C(=S)NC2CCN(c3ccccc3)C2)cc1. The van der Waals surface area contributed by atoms with Crippen molar-refractivity contribution < 1.29 is 0 Å². The van der Waals surface area contributed by atoms with E-state index in [4.69, 9.17) is 18.0 Å². The van der Waals surface area contributed by atoms with Crippen molar-refractivity contribution >= 4 is 28.6 Å². The topological polar surface area (TPSA) is 41.3 Å². The Morgan fingerprint density at radius 1 is 1.10 bits per heavy atom. The maximum atomic E-state index is 5.70. The second kappa shape index (κ2) is 6.14. The molecule has 1 aliphatic rings. The summed E-state index contributed by atoms with van der Waals surface area (Å²) in [6.45, 7) is 2.05. The van der Waals surface area contributed by atoms with Gasteiger partial charge in [-0.15, -0.1) is 0 Å². The molecule has 21 heavy (non-hydrogen) atoms. The largest absolute Gasteiger partial charge is 0.399 e. The Morgan fingerprint density at radius 3 is 2.52 bits per heavy atom. The van der Waals surface area contributed by atoms with Gasteiger partial charge in [-0.1, -0.05) is 30.4 Å². The van der Waals surface area contributed by atoms with Gasteiger partial charge < -0.3 is 16.0 Å². The Hall–Kier alpha value is -2.07. The second-order valence-corrected chi connectivity index (χ2v) is 5.77. The molecular formula is C17H19N3S. The van der Waals surface area contributed by atoms with E-state index in [1.165, 1.54) is 5.69 Å². The summed E-state index contributed by atoms with van der Waals surface area (Å²) in [7, 11) is 0. The Bertz CT molecular complexity index is 610. The van der Waals surface area contributed by atoms with E-state index in [1.54, 1.807) is 0 Å². The molecule has 0 radical (unpaired) electrons. The number of benzene rings is 2. The van der Waals surface area contributed by atoms with Crippen LogP contribution in [-0.4, -0.2) is 24.1 Å². The molecule has 1 fully saturated rings. The lowest BCUT2D eigenvalue weighted by Crippen LogP contribution is -2.36. The Morgan fingerprint density at radius 2 is 1.81 bits per heavy atom. The highest BCUT2D eigenvalue weighted by Crippen LogP contribution is 2.20. The molecule has 108 valence electrons. The monoisotopic (exact) mass is 297 g/mol. The molecule has 0 spiro atoms. The van der Waals surface area contributed by atoms with Gasteiger partial charge in [0.25, 0.3) is 0 Å². The molecule has 0 aliphatic carbocycles. The summed E-state index contributed by atoms with van der Waals surface area (Å²) in [4.78, 5) is 3.19. The van der Waals surface area contributed by atoms with Crippen molar-refractivity contribution in [3.05, 3.63) is 60.2 Å². The molecule has 3 N–H and O–H groups in total. The third-order valence-corrected chi connectivity index (χ3v) is 4.17. The number of hydrogen-bond donors (Lipinski definition) is 2. The molecule has 2 aromatic rings. The van der Waals surface area contributed by atoms with Crippen molar-refractivity contribution in [2.45, 2.75) is 12.5 Å². The van der Waals surface area contributed by atoms with Gasteiger partial charge in [0.2, 0.25) is 0 Å². The Kier molecular flexibility index (Phi) is 4.06. The van der Waals surface area contributed by atoms with E-state index in [2.05, 4.69) is 34.5 Å². The van der Waals surface area contributed by atoms with E-state index in [0.717, 1.165) is 35.7 Å². The highest BCUT2D eigenvalue weighted by Gasteiger charge is 2.23. The van der Waals surface area contributed by atoms with Crippen LogP contribution in [0.4, 0.5) is 11.4 Å². The van der Waals surface area contributed by atoms with Crippen LogP contribution in [0.15, 0.2) is 54.6 Å². The Balaban J connectivity index is 1.60. The fraction of sp³-hybridized carbons (Fsp3) is 0.235. The van der Waals surface area contributed by atoms with Crippen molar-refractivity contribution in [3.63, 3.8) is 0 Å². The van der Waals surface area contributed by atoms with Gasteiger partial charge >= 0.3 is 0 Å². The van der Waals surface area contributed by atoms with E-state index < -0.39 is 0 Å². The highest BCUT2D eigenvalue weighted by molar-refractivity contribution is 7.80. The van der Waals surface area contributed by atoms with Crippen LogP contribution in [0.1, 0.15) is 12.0 Å². The van der Waals surface area contributed by atoms with Gasteiger partial charge in [0.15, 0.2) is 0 Å². The zero-order valence-corrected chi connectivity index (χ0v) is 12.6. The molecular weight excluding hydrogens is 278 g/mol. The van der Waals surface area contributed by atoms with Gasteiger partial charge in [-0.2, -0.15) is 0 Å². The molecule has 3 rings (SSSR count). The summed E-state index contributed by atoms with van der Waals surface area (Å²) in [5, 5.41) is 3.46. The third kappa shape index (κ3) is 3.34. The molecule has 4 heteroatoms. The molecule has 1 atom stereocenters. The summed E-state index contributed by atoms with van der Waals surface area (Å²) < 4.78 is 0. The van der Waals surface area contributed by atoms with E-state index in [0.29, 0.717) is 6.04 Å². The van der Waals surface area contributed by atoms with Crippen LogP contribution < -0.4 is 16.0 Å². The zero-order valence-electron chi connectivity index (χ0n) is 11.8. The number of para-hydroxylation sites is 1. The predicted octanol–water partition coefficient (Wildman–Crippen LogP) is 2.81. The quantitative estimate of drug-likeness (QED) is 0.675. The molecule has 1 saturated heterocycles.